The van der Waals surface area contributed by atoms with Gasteiger partial charge in [-0.05, 0) is 42.4 Å². The first-order valence-electron chi connectivity index (χ1n) is 6.67. The van der Waals surface area contributed by atoms with Gasteiger partial charge in [-0.2, -0.15) is 0 Å². The Labute approximate surface area is 99.4 Å². The number of rotatable bonds is 4. The number of aliphatic hydroxyl groups is 1. The molecule has 2 fully saturated rings. The highest BCUT2D eigenvalue weighted by molar-refractivity contribution is 5.18. The van der Waals surface area contributed by atoms with E-state index in [-0.39, 0.29) is 10.8 Å². The minimum Gasteiger partial charge on any atom is -0.386 e. The molecular weight excluding hydrogens is 200 g/mol. The number of hydrogen-bond acceptors (Lipinski definition) is 2. The molecule has 0 amide bonds. The lowest BCUT2D eigenvalue weighted by Gasteiger charge is -2.50. The lowest BCUT2D eigenvalue weighted by molar-refractivity contribution is -0.179. The van der Waals surface area contributed by atoms with E-state index >= 15 is 0 Å². The molecule has 16 heavy (non-hydrogen) atoms. The Hall–Kier alpha value is -0.0800. The van der Waals surface area contributed by atoms with Crippen LogP contribution in [0.2, 0.25) is 0 Å². The quantitative estimate of drug-likeness (QED) is 0.747. The summed E-state index contributed by atoms with van der Waals surface area (Å²) in [5.74, 6) is 0.674. The van der Waals surface area contributed by atoms with E-state index in [9.17, 15) is 5.11 Å². The first-order valence-corrected chi connectivity index (χ1v) is 6.67. The molecule has 0 aliphatic heterocycles. The summed E-state index contributed by atoms with van der Waals surface area (Å²) >= 11 is 0. The van der Waals surface area contributed by atoms with E-state index in [2.05, 4.69) is 27.7 Å². The molecule has 0 heterocycles. The molecule has 2 saturated carbocycles. The van der Waals surface area contributed by atoms with Crippen LogP contribution >= 0.6 is 0 Å². The lowest BCUT2D eigenvalue weighted by Crippen LogP contribution is -2.57. The van der Waals surface area contributed by atoms with Crippen molar-refractivity contribution in [2.75, 3.05) is 13.2 Å². The van der Waals surface area contributed by atoms with Crippen molar-refractivity contribution in [3.63, 3.8) is 0 Å². The molecule has 2 aliphatic rings. The van der Waals surface area contributed by atoms with Crippen LogP contribution in [0.5, 0.6) is 0 Å². The summed E-state index contributed by atoms with van der Waals surface area (Å²) in [6.07, 6.45) is 4.63. The first kappa shape index (κ1) is 12.4. The Kier molecular flexibility index (Phi) is 2.87. The summed E-state index contributed by atoms with van der Waals surface area (Å²) in [5, 5.41) is 11.1. The van der Waals surface area contributed by atoms with Crippen LogP contribution in [-0.4, -0.2) is 23.9 Å². The summed E-state index contributed by atoms with van der Waals surface area (Å²) in [7, 11) is 0. The lowest BCUT2D eigenvalue weighted by atomic mass is 9.61. The van der Waals surface area contributed by atoms with Crippen molar-refractivity contribution in [3.05, 3.63) is 0 Å². The van der Waals surface area contributed by atoms with Crippen molar-refractivity contribution < 1.29 is 9.84 Å². The van der Waals surface area contributed by atoms with Gasteiger partial charge in [-0.25, -0.2) is 0 Å². The molecule has 0 saturated heterocycles. The van der Waals surface area contributed by atoms with E-state index in [0.717, 1.165) is 19.4 Å². The van der Waals surface area contributed by atoms with E-state index in [1.54, 1.807) is 0 Å². The van der Waals surface area contributed by atoms with E-state index in [0.29, 0.717) is 12.5 Å². The van der Waals surface area contributed by atoms with Gasteiger partial charge in [-0.1, -0.05) is 27.7 Å². The van der Waals surface area contributed by atoms with Gasteiger partial charge in [0.15, 0.2) is 0 Å². The molecule has 0 aromatic rings. The Morgan fingerprint density at radius 3 is 2.50 bits per heavy atom. The third-order valence-corrected chi connectivity index (χ3v) is 5.49. The minimum atomic E-state index is -0.627. The average Bonchev–Trinajstić information content (AvgIpc) is 2.67. The maximum Gasteiger partial charge on any atom is 0.0986 e. The van der Waals surface area contributed by atoms with Gasteiger partial charge in [-0.15, -0.1) is 0 Å². The van der Waals surface area contributed by atoms with Crippen LogP contribution in [-0.2, 0) is 4.74 Å². The van der Waals surface area contributed by atoms with Crippen LogP contribution in [0.15, 0.2) is 0 Å². The summed E-state index contributed by atoms with van der Waals surface area (Å²) in [4.78, 5) is 0. The highest BCUT2D eigenvalue weighted by atomic mass is 16.5. The molecular formula is C14H26O2. The van der Waals surface area contributed by atoms with Gasteiger partial charge in [0.05, 0.1) is 12.2 Å². The van der Waals surface area contributed by atoms with Gasteiger partial charge >= 0.3 is 0 Å². The van der Waals surface area contributed by atoms with Crippen molar-refractivity contribution in [1.82, 2.24) is 0 Å². The zero-order chi connectivity index (χ0) is 12.0. The molecule has 2 nitrogen and oxygen atoms in total. The zero-order valence-corrected chi connectivity index (χ0v) is 11.2. The van der Waals surface area contributed by atoms with Crippen LogP contribution < -0.4 is 0 Å². The van der Waals surface area contributed by atoms with Gasteiger partial charge in [0.1, 0.15) is 0 Å². The van der Waals surface area contributed by atoms with Crippen LogP contribution in [0.1, 0.15) is 53.4 Å². The normalized spacial score (nSPS) is 45.2. The molecule has 2 rings (SSSR count). The summed E-state index contributed by atoms with van der Waals surface area (Å²) in [6, 6.07) is 0. The standard InChI is InChI=1S/C14H26O2/c1-5-8-16-10-14(15)12(2,3)11-6-7-13(14,4)9-11/h11,15H,5-10H2,1-4H3. The van der Waals surface area contributed by atoms with Crippen molar-refractivity contribution in [2.45, 2.75) is 59.0 Å². The van der Waals surface area contributed by atoms with Crippen molar-refractivity contribution in [3.8, 4) is 0 Å². The molecule has 3 unspecified atom stereocenters. The van der Waals surface area contributed by atoms with Crippen LogP contribution in [0, 0.1) is 16.7 Å². The van der Waals surface area contributed by atoms with Crippen molar-refractivity contribution in [2.24, 2.45) is 16.7 Å². The van der Waals surface area contributed by atoms with Gasteiger partial charge in [0, 0.05) is 6.61 Å². The molecule has 1 N–H and O–H groups in total. The molecule has 0 aromatic carbocycles. The Morgan fingerprint density at radius 2 is 2.00 bits per heavy atom. The highest BCUT2D eigenvalue weighted by Gasteiger charge is 2.68. The van der Waals surface area contributed by atoms with Crippen LogP contribution in [0.4, 0.5) is 0 Å². The van der Waals surface area contributed by atoms with Gasteiger partial charge < -0.3 is 9.84 Å². The SMILES string of the molecule is CCCOCC1(O)C2(C)CCC(C2)C1(C)C. The fourth-order valence-electron chi connectivity index (χ4n) is 4.07. The predicted octanol–water partition coefficient (Wildman–Crippen LogP) is 2.99. The second kappa shape index (κ2) is 3.71. The van der Waals surface area contributed by atoms with E-state index in [1.165, 1.54) is 12.8 Å². The number of fused-ring (bicyclic) bond motifs is 2. The molecule has 2 aliphatic carbocycles. The van der Waals surface area contributed by atoms with Crippen molar-refractivity contribution >= 4 is 0 Å². The Morgan fingerprint density at radius 1 is 1.31 bits per heavy atom. The maximum atomic E-state index is 11.1. The predicted molar refractivity (Wildman–Crippen MR) is 65.3 cm³/mol. The van der Waals surface area contributed by atoms with E-state index in [4.69, 9.17) is 4.74 Å². The molecule has 0 radical (unpaired) electrons. The molecule has 3 atom stereocenters. The van der Waals surface area contributed by atoms with Crippen LogP contribution in [0.25, 0.3) is 0 Å². The first-order chi connectivity index (χ1) is 7.37. The third kappa shape index (κ3) is 1.39. The van der Waals surface area contributed by atoms with Gasteiger partial charge in [0.25, 0.3) is 0 Å². The fraction of sp³-hybridized carbons (Fsp3) is 1.00. The Balaban J connectivity index is 2.17. The second-order valence-electron chi connectivity index (χ2n) is 6.63. The minimum absolute atomic E-state index is 0.00768. The molecule has 0 aromatic heterocycles. The zero-order valence-electron chi connectivity index (χ0n) is 11.2. The smallest absolute Gasteiger partial charge is 0.0986 e. The molecule has 2 heteroatoms. The van der Waals surface area contributed by atoms with Gasteiger partial charge in [-0.3, -0.25) is 0 Å². The monoisotopic (exact) mass is 226 g/mol. The topological polar surface area (TPSA) is 29.5 Å². The second-order valence-corrected chi connectivity index (χ2v) is 6.63. The summed E-state index contributed by atoms with van der Waals surface area (Å²) < 4.78 is 5.67. The number of hydrogen-bond donors (Lipinski definition) is 1. The van der Waals surface area contributed by atoms with Gasteiger partial charge in [0.2, 0.25) is 0 Å². The van der Waals surface area contributed by atoms with Crippen molar-refractivity contribution in [1.29, 1.82) is 0 Å². The highest BCUT2D eigenvalue weighted by Crippen LogP contribution is 2.67. The maximum absolute atomic E-state index is 11.1. The third-order valence-electron chi connectivity index (χ3n) is 5.49. The fourth-order valence-corrected chi connectivity index (χ4v) is 4.07. The molecule has 2 bridgehead atoms. The van der Waals surface area contributed by atoms with E-state index < -0.39 is 5.60 Å². The average molecular weight is 226 g/mol. The largest absolute Gasteiger partial charge is 0.386 e. The summed E-state index contributed by atoms with van der Waals surface area (Å²) in [6.45, 7) is 10.1. The molecule has 94 valence electrons. The number of ether oxygens (including phenoxy) is 1. The van der Waals surface area contributed by atoms with E-state index in [1.807, 2.05) is 0 Å². The molecule has 0 spiro atoms. The van der Waals surface area contributed by atoms with Crippen LogP contribution in [0.3, 0.4) is 0 Å². The summed E-state index contributed by atoms with van der Waals surface area (Å²) in [5.41, 5.74) is -0.541. The Bertz CT molecular complexity index is 267.